The molecular formula is C19H17N3O4S. The normalized spacial score (nSPS) is 11.9. The molecule has 0 amide bonds. The van der Waals surface area contributed by atoms with Crippen molar-refractivity contribution in [3.8, 4) is 11.5 Å². The van der Waals surface area contributed by atoms with E-state index >= 15 is 0 Å². The molecule has 0 aliphatic rings. The van der Waals surface area contributed by atoms with Crippen LogP contribution in [0.25, 0.3) is 11.5 Å². The summed E-state index contributed by atoms with van der Waals surface area (Å²) in [6, 6.07) is 11.8. The van der Waals surface area contributed by atoms with Gasteiger partial charge in [0.1, 0.15) is 6.29 Å². The predicted molar refractivity (Wildman–Crippen MR) is 102 cm³/mol. The molecular weight excluding hydrogens is 366 g/mol. The standard InChI is InChI=1S/C19H17N3O4S/c1-3-17(14-5-4-6-15(10-14)22(24)25)27-19-21-20-18(26-19)16-8-7-13(11-23)9-12(16)2/h4-11,17H,3H2,1-2H3. The number of hydrogen-bond donors (Lipinski definition) is 0. The number of hydrogen-bond acceptors (Lipinski definition) is 7. The van der Waals surface area contributed by atoms with Gasteiger partial charge in [-0.25, -0.2) is 0 Å². The molecule has 1 atom stereocenters. The molecule has 8 heteroatoms. The van der Waals surface area contributed by atoms with Crippen LogP contribution in [-0.4, -0.2) is 21.4 Å². The zero-order valence-electron chi connectivity index (χ0n) is 14.8. The van der Waals surface area contributed by atoms with E-state index in [9.17, 15) is 14.9 Å². The van der Waals surface area contributed by atoms with Gasteiger partial charge in [-0.1, -0.05) is 36.9 Å². The molecule has 3 aromatic rings. The average molecular weight is 383 g/mol. The molecule has 0 bridgehead atoms. The molecule has 138 valence electrons. The summed E-state index contributed by atoms with van der Waals surface area (Å²) in [4.78, 5) is 21.5. The number of nitro benzene ring substituents is 1. The molecule has 0 spiro atoms. The van der Waals surface area contributed by atoms with Crippen LogP contribution in [0, 0.1) is 17.0 Å². The van der Waals surface area contributed by atoms with Crippen LogP contribution in [0.1, 0.15) is 40.1 Å². The lowest BCUT2D eigenvalue weighted by Gasteiger charge is -2.12. The molecule has 2 aromatic carbocycles. The van der Waals surface area contributed by atoms with Gasteiger partial charge < -0.3 is 4.42 Å². The summed E-state index contributed by atoms with van der Waals surface area (Å²) < 4.78 is 5.77. The van der Waals surface area contributed by atoms with Crippen molar-refractivity contribution in [3.63, 3.8) is 0 Å². The van der Waals surface area contributed by atoms with Crippen molar-refractivity contribution in [1.82, 2.24) is 10.2 Å². The summed E-state index contributed by atoms with van der Waals surface area (Å²) in [5.41, 5.74) is 3.11. The van der Waals surface area contributed by atoms with Gasteiger partial charge in [-0.2, -0.15) is 0 Å². The molecule has 27 heavy (non-hydrogen) atoms. The van der Waals surface area contributed by atoms with Crippen molar-refractivity contribution in [2.45, 2.75) is 30.7 Å². The molecule has 1 aromatic heterocycles. The van der Waals surface area contributed by atoms with Gasteiger partial charge in [-0.3, -0.25) is 14.9 Å². The summed E-state index contributed by atoms with van der Waals surface area (Å²) in [5.74, 6) is 0.376. The Morgan fingerprint density at radius 2 is 2.07 bits per heavy atom. The minimum absolute atomic E-state index is 0.0447. The number of thioether (sulfide) groups is 1. The second-order valence-corrected chi connectivity index (χ2v) is 7.09. The maximum Gasteiger partial charge on any atom is 0.277 e. The van der Waals surface area contributed by atoms with E-state index in [0.29, 0.717) is 16.7 Å². The van der Waals surface area contributed by atoms with Gasteiger partial charge in [0.05, 0.1) is 4.92 Å². The number of aldehydes is 1. The van der Waals surface area contributed by atoms with E-state index in [4.69, 9.17) is 4.42 Å². The Balaban J connectivity index is 1.83. The SMILES string of the molecule is CCC(Sc1nnc(-c2ccc(C=O)cc2C)o1)c1cccc([N+](=O)[O-])c1. The molecule has 1 heterocycles. The van der Waals surface area contributed by atoms with Crippen molar-refractivity contribution in [3.05, 3.63) is 69.3 Å². The van der Waals surface area contributed by atoms with Crippen LogP contribution in [0.15, 0.2) is 52.1 Å². The Kier molecular flexibility index (Phi) is 5.66. The van der Waals surface area contributed by atoms with E-state index < -0.39 is 4.92 Å². The van der Waals surface area contributed by atoms with Crippen LogP contribution in [0.3, 0.4) is 0 Å². The van der Waals surface area contributed by atoms with Crippen LogP contribution in [0.4, 0.5) is 5.69 Å². The van der Waals surface area contributed by atoms with Crippen molar-refractivity contribution >= 4 is 23.7 Å². The molecule has 3 rings (SSSR count). The van der Waals surface area contributed by atoms with Gasteiger partial charge in [0.15, 0.2) is 0 Å². The van der Waals surface area contributed by atoms with Gasteiger partial charge in [-0.05, 0) is 36.6 Å². The lowest BCUT2D eigenvalue weighted by molar-refractivity contribution is -0.384. The molecule has 0 N–H and O–H groups in total. The summed E-state index contributed by atoms with van der Waals surface area (Å²) in [7, 11) is 0. The Bertz CT molecular complexity index is 987. The van der Waals surface area contributed by atoms with E-state index in [1.807, 2.05) is 19.9 Å². The Hall–Kier alpha value is -3.00. The number of aryl methyl sites for hydroxylation is 1. The lowest BCUT2D eigenvalue weighted by atomic mass is 10.1. The number of non-ortho nitro benzene ring substituents is 1. The van der Waals surface area contributed by atoms with E-state index in [-0.39, 0.29) is 10.9 Å². The largest absolute Gasteiger partial charge is 0.411 e. The highest BCUT2D eigenvalue weighted by Crippen LogP contribution is 2.39. The summed E-state index contributed by atoms with van der Waals surface area (Å²) in [5, 5.41) is 19.5. The average Bonchev–Trinajstić information content (AvgIpc) is 3.14. The lowest BCUT2D eigenvalue weighted by Crippen LogP contribution is -1.95. The number of rotatable bonds is 7. The molecule has 7 nitrogen and oxygen atoms in total. The molecule has 0 aliphatic heterocycles. The third-order valence-electron chi connectivity index (χ3n) is 4.09. The Morgan fingerprint density at radius 1 is 1.26 bits per heavy atom. The van der Waals surface area contributed by atoms with Crippen molar-refractivity contribution in [2.75, 3.05) is 0 Å². The smallest absolute Gasteiger partial charge is 0.277 e. The number of benzene rings is 2. The van der Waals surface area contributed by atoms with Crippen LogP contribution in [-0.2, 0) is 0 Å². The van der Waals surface area contributed by atoms with Gasteiger partial charge >= 0.3 is 0 Å². The molecule has 0 aliphatic carbocycles. The highest BCUT2D eigenvalue weighted by atomic mass is 32.2. The van der Waals surface area contributed by atoms with Crippen LogP contribution in [0.2, 0.25) is 0 Å². The molecule has 0 radical (unpaired) electrons. The van der Waals surface area contributed by atoms with E-state index in [1.54, 1.807) is 30.3 Å². The van der Waals surface area contributed by atoms with E-state index in [0.717, 1.165) is 29.4 Å². The Labute approximate surface area is 160 Å². The third-order valence-corrected chi connectivity index (χ3v) is 5.35. The predicted octanol–water partition coefficient (Wildman–Crippen LogP) is 5.01. The number of aromatic nitrogens is 2. The summed E-state index contributed by atoms with van der Waals surface area (Å²) in [6.45, 7) is 3.87. The molecule has 0 saturated heterocycles. The first kappa shape index (κ1) is 18.8. The number of carbonyl (C=O) groups excluding carboxylic acids is 1. The van der Waals surface area contributed by atoms with E-state index in [1.165, 1.54) is 17.8 Å². The summed E-state index contributed by atoms with van der Waals surface area (Å²) >= 11 is 1.37. The third kappa shape index (κ3) is 4.22. The number of nitro groups is 1. The number of nitrogens with zero attached hydrogens (tertiary/aromatic N) is 3. The zero-order valence-corrected chi connectivity index (χ0v) is 15.6. The van der Waals surface area contributed by atoms with Crippen molar-refractivity contribution < 1.29 is 14.1 Å². The second kappa shape index (κ2) is 8.13. The maximum absolute atomic E-state index is 11.0. The van der Waals surface area contributed by atoms with Gasteiger partial charge in [-0.15, -0.1) is 10.2 Å². The highest BCUT2D eigenvalue weighted by Gasteiger charge is 2.19. The first-order valence-corrected chi connectivity index (χ1v) is 9.20. The second-order valence-electron chi connectivity index (χ2n) is 5.93. The minimum Gasteiger partial charge on any atom is -0.411 e. The zero-order chi connectivity index (χ0) is 19.4. The summed E-state index contributed by atoms with van der Waals surface area (Å²) in [6.07, 6.45) is 1.54. The topological polar surface area (TPSA) is 99.1 Å². The first-order chi connectivity index (χ1) is 13.0. The fourth-order valence-electron chi connectivity index (χ4n) is 2.71. The van der Waals surface area contributed by atoms with Crippen molar-refractivity contribution in [1.29, 1.82) is 0 Å². The van der Waals surface area contributed by atoms with Gasteiger partial charge in [0.2, 0.25) is 5.89 Å². The number of carbonyl (C=O) groups is 1. The minimum atomic E-state index is -0.405. The molecule has 1 unspecified atom stereocenters. The quantitative estimate of drug-likeness (QED) is 0.245. The molecule has 0 saturated carbocycles. The van der Waals surface area contributed by atoms with Crippen LogP contribution < -0.4 is 0 Å². The fraction of sp³-hybridized carbons (Fsp3) is 0.211. The first-order valence-electron chi connectivity index (χ1n) is 8.32. The fourth-order valence-corrected chi connectivity index (χ4v) is 3.62. The monoisotopic (exact) mass is 383 g/mol. The van der Waals surface area contributed by atoms with E-state index in [2.05, 4.69) is 10.2 Å². The highest BCUT2D eigenvalue weighted by molar-refractivity contribution is 7.99. The maximum atomic E-state index is 11.0. The van der Waals surface area contributed by atoms with Gasteiger partial charge in [0.25, 0.3) is 10.9 Å². The van der Waals surface area contributed by atoms with Crippen molar-refractivity contribution in [2.24, 2.45) is 0 Å². The molecule has 0 fully saturated rings. The van der Waals surface area contributed by atoms with Gasteiger partial charge in [0, 0.05) is 28.5 Å². The Morgan fingerprint density at radius 3 is 2.74 bits per heavy atom. The van der Waals surface area contributed by atoms with Crippen LogP contribution in [0.5, 0.6) is 0 Å². The van der Waals surface area contributed by atoms with Crippen LogP contribution >= 0.6 is 11.8 Å².